The van der Waals surface area contributed by atoms with Gasteiger partial charge in [-0.15, -0.1) is 0 Å². The zero-order valence-electron chi connectivity index (χ0n) is 10.9. The summed E-state index contributed by atoms with van der Waals surface area (Å²) >= 11 is 5.73. The highest BCUT2D eigenvalue weighted by atomic mass is 35.5. The van der Waals surface area contributed by atoms with E-state index in [9.17, 15) is 18.5 Å². The van der Waals surface area contributed by atoms with Crippen molar-refractivity contribution in [3.63, 3.8) is 0 Å². The highest BCUT2D eigenvalue weighted by Gasteiger charge is 2.30. The van der Waals surface area contributed by atoms with Crippen LogP contribution in [0.2, 0.25) is 5.02 Å². The average molecular weight is 342 g/mol. The van der Waals surface area contributed by atoms with Crippen LogP contribution in [0.1, 0.15) is 0 Å². The lowest BCUT2D eigenvalue weighted by Gasteiger charge is -2.06. The van der Waals surface area contributed by atoms with Gasteiger partial charge in [0, 0.05) is 17.2 Å². The molecule has 0 unspecified atom stereocenters. The van der Waals surface area contributed by atoms with Gasteiger partial charge in [-0.25, -0.2) is 8.42 Å². The van der Waals surface area contributed by atoms with E-state index in [-0.39, 0.29) is 28.1 Å². The van der Waals surface area contributed by atoms with Crippen molar-refractivity contribution in [1.82, 2.24) is 0 Å². The maximum Gasteiger partial charge on any atom is 0.316 e. The minimum absolute atomic E-state index is 0.0231. The van der Waals surface area contributed by atoms with E-state index in [1.807, 2.05) is 0 Å². The van der Waals surface area contributed by atoms with Crippen molar-refractivity contribution >= 4 is 27.1 Å². The summed E-state index contributed by atoms with van der Waals surface area (Å²) in [7, 11) is -3.93. The maximum absolute atomic E-state index is 12.6. The Balaban J connectivity index is 2.18. The second-order valence-electron chi connectivity index (χ2n) is 4.39. The smallest absolute Gasteiger partial charge is 0.316 e. The quantitative estimate of drug-likeness (QED) is 0.629. The summed E-state index contributed by atoms with van der Waals surface area (Å²) in [6, 6.07) is 7.67. The molecule has 1 aliphatic rings. The zero-order valence-corrected chi connectivity index (χ0v) is 12.4. The molecule has 0 saturated heterocycles. The topological polar surface area (TPSA) is 95.7 Å². The van der Waals surface area contributed by atoms with Gasteiger partial charge in [-0.3, -0.25) is 10.1 Å². The molecule has 0 saturated carbocycles. The van der Waals surface area contributed by atoms with Crippen LogP contribution in [0.3, 0.4) is 0 Å². The van der Waals surface area contributed by atoms with Crippen LogP contribution in [-0.4, -0.2) is 20.1 Å². The van der Waals surface area contributed by atoms with Gasteiger partial charge < -0.3 is 9.47 Å². The van der Waals surface area contributed by atoms with Crippen molar-refractivity contribution in [3.05, 3.63) is 51.5 Å². The standard InChI is InChI=1S/C13H8ClNO6S/c14-8-1-3-9(4-2-8)22(18,19)10-5-11(15(16)17)13-12(6-10)20-7-21-13/h1-6H,7H2. The molecule has 2 aromatic rings. The van der Waals surface area contributed by atoms with Crippen LogP contribution in [0, 0.1) is 10.1 Å². The van der Waals surface area contributed by atoms with Crippen molar-refractivity contribution < 1.29 is 22.8 Å². The summed E-state index contributed by atoms with van der Waals surface area (Å²) in [4.78, 5) is 10.1. The Hall–Kier alpha value is -2.32. The molecule has 114 valence electrons. The molecular formula is C13H8ClNO6S. The van der Waals surface area contributed by atoms with Gasteiger partial charge >= 0.3 is 5.69 Å². The summed E-state index contributed by atoms with van der Waals surface area (Å²) in [6.07, 6.45) is 0. The number of hydrogen-bond acceptors (Lipinski definition) is 6. The molecule has 22 heavy (non-hydrogen) atoms. The number of hydrogen-bond donors (Lipinski definition) is 0. The molecule has 0 aliphatic carbocycles. The molecule has 7 nitrogen and oxygen atoms in total. The first kappa shape index (κ1) is 14.6. The van der Waals surface area contributed by atoms with Gasteiger partial charge in [-0.2, -0.15) is 0 Å². The highest BCUT2D eigenvalue weighted by molar-refractivity contribution is 7.91. The van der Waals surface area contributed by atoms with Gasteiger partial charge in [0.25, 0.3) is 0 Å². The van der Waals surface area contributed by atoms with Crippen LogP contribution in [0.4, 0.5) is 5.69 Å². The first-order valence-corrected chi connectivity index (χ1v) is 7.84. The largest absolute Gasteiger partial charge is 0.453 e. The van der Waals surface area contributed by atoms with E-state index in [0.29, 0.717) is 5.02 Å². The summed E-state index contributed by atoms with van der Waals surface area (Å²) in [5.74, 6) is -0.0400. The lowest BCUT2D eigenvalue weighted by atomic mass is 10.3. The second kappa shape index (κ2) is 5.15. The highest BCUT2D eigenvalue weighted by Crippen LogP contribution is 2.43. The van der Waals surface area contributed by atoms with Crippen LogP contribution in [-0.2, 0) is 9.84 Å². The van der Waals surface area contributed by atoms with Gasteiger partial charge in [0.2, 0.25) is 22.4 Å². The van der Waals surface area contributed by atoms with Gasteiger partial charge in [-0.1, -0.05) is 11.6 Å². The number of nitro benzene ring substituents is 1. The van der Waals surface area contributed by atoms with Gasteiger partial charge in [-0.05, 0) is 24.3 Å². The van der Waals surface area contributed by atoms with E-state index < -0.39 is 20.4 Å². The Morgan fingerprint density at radius 2 is 1.77 bits per heavy atom. The van der Waals surface area contributed by atoms with E-state index >= 15 is 0 Å². The maximum atomic E-state index is 12.6. The van der Waals surface area contributed by atoms with E-state index in [0.717, 1.165) is 6.07 Å². The molecular weight excluding hydrogens is 334 g/mol. The van der Waals surface area contributed by atoms with Crippen molar-refractivity contribution in [2.75, 3.05) is 6.79 Å². The molecule has 3 rings (SSSR count). The van der Waals surface area contributed by atoms with Crippen LogP contribution in [0.25, 0.3) is 0 Å². The predicted molar refractivity (Wildman–Crippen MR) is 76.1 cm³/mol. The van der Waals surface area contributed by atoms with Gasteiger partial charge in [0.15, 0.2) is 5.75 Å². The molecule has 0 bridgehead atoms. The van der Waals surface area contributed by atoms with Gasteiger partial charge in [0.05, 0.1) is 14.7 Å². The number of rotatable bonds is 3. The summed E-state index contributed by atoms with van der Waals surface area (Å²) < 4.78 is 35.2. The molecule has 1 aliphatic heterocycles. The molecule has 0 spiro atoms. The molecule has 9 heteroatoms. The Morgan fingerprint density at radius 1 is 1.09 bits per heavy atom. The fraction of sp³-hybridized carbons (Fsp3) is 0.0769. The Morgan fingerprint density at radius 3 is 2.41 bits per heavy atom. The molecule has 2 aromatic carbocycles. The van der Waals surface area contributed by atoms with Crippen LogP contribution in [0.15, 0.2) is 46.2 Å². The average Bonchev–Trinajstić information content (AvgIpc) is 2.94. The lowest BCUT2D eigenvalue weighted by Crippen LogP contribution is -2.03. The SMILES string of the molecule is O=[N+]([O-])c1cc(S(=O)(=O)c2ccc(Cl)cc2)cc2c1OCO2. The number of nitro groups is 1. The summed E-state index contributed by atoms with van der Waals surface area (Å²) in [6.45, 7) is -0.194. The molecule has 0 fully saturated rings. The molecule has 0 aromatic heterocycles. The Bertz CT molecular complexity index is 863. The normalized spacial score (nSPS) is 13.1. The van der Waals surface area contributed by atoms with Gasteiger partial charge in [0.1, 0.15) is 0 Å². The van der Waals surface area contributed by atoms with E-state index in [1.54, 1.807) is 0 Å². The van der Waals surface area contributed by atoms with Crippen LogP contribution in [0.5, 0.6) is 11.5 Å². The molecule has 0 N–H and O–H groups in total. The lowest BCUT2D eigenvalue weighted by molar-refractivity contribution is -0.385. The van der Waals surface area contributed by atoms with E-state index in [4.69, 9.17) is 21.1 Å². The molecule has 0 radical (unpaired) electrons. The minimum atomic E-state index is -3.93. The fourth-order valence-electron chi connectivity index (χ4n) is 2.01. The fourth-order valence-corrected chi connectivity index (χ4v) is 3.43. The Kier molecular flexibility index (Phi) is 3.42. The molecule has 0 atom stereocenters. The first-order valence-electron chi connectivity index (χ1n) is 5.98. The molecule has 1 heterocycles. The number of nitrogens with zero attached hydrogens (tertiary/aromatic N) is 1. The Labute approximate surface area is 130 Å². The van der Waals surface area contributed by atoms with Crippen molar-refractivity contribution in [2.45, 2.75) is 9.79 Å². The van der Waals surface area contributed by atoms with Crippen molar-refractivity contribution in [1.29, 1.82) is 0 Å². The number of ether oxygens (including phenoxy) is 2. The summed E-state index contributed by atoms with van der Waals surface area (Å²) in [5.41, 5.74) is -0.456. The second-order valence-corrected chi connectivity index (χ2v) is 6.78. The van der Waals surface area contributed by atoms with Crippen LogP contribution < -0.4 is 9.47 Å². The van der Waals surface area contributed by atoms with Crippen molar-refractivity contribution in [2.24, 2.45) is 0 Å². The zero-order chi connectivity index (χ0) is 15.9. The minimum Gasteiger partial charge on any atom is -0.453 e. The number of halogens is 1. The third kappa shape index (κ3) is 2.36. The third-order valence-corrected chi connectivity index (χ3v) is 5.06. The number of sulfone groups is 1. The molecule has 0 amide bonds. The predicted octanol–water partition coefficient (Wildman–Crippen LogP) is 2.81. The number of benzene rings is 2. The van der Waals surface area contributed by atoms with Crippen LogP contribution >= 0.6 is 11.6 Å². The monoisotopic (exact) mass is 341 g/mol. The third-order valence-electron chi connectivity index (χ3n) is 3.06. The first-order chi connectivity index (χ1) is 10.4. The summed E-state index contributed by atoms with van der Waals surface area (Å²) in [5, 5.41) is 11.5. The van der Waals surface area contributed by atoms with E-state index in [1.165, 1.54) is 30.3 Å². The van der Waals surface area contributed by atoms with E-state index in [2.05, 4.69) is 0 Å². The van der Waals surface area contributed by atoms with Crippen molar-refractivity contribution in [3.8, 4) is 11.5 Å². The number of fused-ring (bicyclic) bond motifs is 1.